The Morgan fingerprint density at radius 1 is 1.39 bits per heavy atom. The predicted octanol–water partition coefficient (Wildman–Crippen LogP) is 3.68. The lowest BCUT2D eigenvalue weighted by atomic mass is 10.2. The molecule has 0 saturated carbocycles. The smallest absolute Gasteiger partial charge is 0.143 e. The van der Waals surface area contributed by atoms with Gasteiger partial charge >= 0.3 is 0 Å². The monoisotopic (exact) mass is 374 g/mol. The Balaban J connectivity index is 2.22. The lowest BCUT2D eigenvalue weighted by Crippen LogP contribution is -2.18. The number of pyridine rings is 1. The normalized spacial score (nSPS) is 10.4. The van der Waals surface area contributed by atoms with Gasteiger partial charge in [0.1, 0.15) is 11.6 Å². The molecule has 0 amide bonds. The molecule has 0 aliphatic heterocycles. The minimum atomic E-state index is 0.273. The van der Waals surface area contributed by atoms with Crippen LogP contribution < -0.4 is 4.90 Å². The Morgan fingerprint density at radius 2 is 2.17 bits per heavy atom. The van der Waals surface area contributed by atoms with Gasteiger partial charge in [-0.3, -0.25) is 0 Å². The molecule has 0 fully saturated rings. The van der Waals surface area contributed by atoms with E-state index in [1.54, 1.807) is 24.4 Å². The van der Waals surface area contributed by atoms with Crippen LogP contribution in [0, 0.1) is 3.57 Å². The van der Waals surface area contributed by atoms with Crippen LogP contribution >= 0.6 is 34.2 Å². The molecule has 1 heterocycles. The van der Waals surface area contributed by atoms with E-state index in [4.69, 9.17) is 11.6 Å². The average Bonchev–Trinajstić information content (AvgIpc) is 2.32. The van der Waals surface area contributed by atoms with Gasteiger partial charge < -0.3 is 10.0 Å². The highest BCUT2D eigenvalue weighted by Gasteiger charge is 2.10. The topological polar surface area (TPSA) is 36.4 Å². The summed E-state index contributed by atoms with van der Waals surface area (Å²) in [5.41, 5.74) is 1.02. The van der Waals surface area contributed by atoms with Gasteiger partial charge in [-0.25, -0.2) is 4.98 Å². The fraction of sp³-hybridized carbons (Fsp3) is 0.154. The molecule has 0 atom stereocenters. The number of nitrogens with zero attached hydrogens (tertiary/aromatic N) is 2. The van der Waals surface area contributed by atoms with E-state index in [1.807, 2.05) is 24.1 Å². The second-order valence-corrected chi connectivity index (χ2v) is 5.44. The summed E-state index contributed by atoms with van der Waals surface area (Å²) in [6.07, 6.45) is 1.69. The highest BCUT2D eigenvalue weighted by molar-refractivity contribution is 14.1. The molecule has 0 radical (unpaired) electrons. The molecule has 0 bridgehead atoms. The Labute approximate surface area is 125 Å². The Kier molecular flexibility index (Phi) is 4.29. The summed E-state index contributed by atoms with van der Waals surface area (Å²) in [5, 5.41) is 10.1. The van der Waals surface area contributed by atoms with Crippen LogP contribution in [-0.2, 0) is 6.54 Å². The number of anilines is 1. The van der Waals surface area contributed by atoms with E-state index in [-0.39, 0.29) is 5.75 Å². The highest BCUT2D eigenvalue weighted by atomic mass is 127. The van der Waals surface area contributed by atoms with Crippen molar-refractivity contribution >= 4 is 40.0 Å². The van der Waals surface area contributed by atoms with Crippen molar-refractivity contribution in [2.24, 2.45) is 0 Å². The van der Waals surface area contributed by atoms with E-state index in [0.717, 1.165) is 15.0 Å². The predicted molar refractivity (Wildman–Crippen MR) is 82.2 cm³/mol. The number of hydrogen-bond acceptors (Lipinski definition) is 3. The van der Waals surface area contributed by atoms with Gasteiger partial charge in [0.15, 0.2) is 0 Å². The molecule has 0 unspecified atom stereocenters. The molecular weight excluding hydrogens is 363 g/mol. The fourth-order valence-corrected chi connectivity index (χ4v) is 2.55. The average molecular weight is 375 g/mol. The number of benzene rings is 1. The van der Waals surface area contributed by atoms with Gasteiger partial charge in [-0.05, 0) is 46.4 Å². The van der Waals surface area contributed by atoms with Crippen LogP contribution in [0.4, 0.5) is 5.82 Å². The molecule has 0 aliphatic rings. The maximum Gasteiger partial charge on any atom is 0.143 e. The molecular formula is C13H12ClIN2O. The van der Waals surface area contributed by atoms with Crippen molar-refractivity contribution in [1.29, 1.82) is 0 Å². The third kappa shape index (κ3) is 3.05. The second-order valence-electron chi connectivity index (χ2n) is 3.96. The van der Waals surface area contributed by atoms with Crippen LogP contribution in [0.3, 0.4) is 0 Å². The molecule has 2 rings (SSSR count). The minimum Gasteiger partial charge on any atom is -0.508 e. The van der Waals surface area contributed by atoms with Crippen LogP contribution in [0.25, 0.3) is 0 Å². The Bertz CT molecular complexity index is 562. The third-order valence-corrected chi connectivity index (χ3v) is 4.21. The number of halogens is 2. The van der Waals surface area contributed by atoms with Gasteiger partial charge in [0.05, 0.1) is 8.59 Å². The largest absolute Gasteiger partial charge is 0.508 e. The van der Waals surface area contributed by atoms with E-state index < -0.39 is 0 Å². The number of phenolic OH excluding ortho intramolecular Hbond substituents is 1. The van der Waals surface area contributed by atoms with Crippen LogP contribution in [-0.4, -0.2) is 17.1 Å². The number of aromatic hydroxyl groups is 1. The van der Waals surface area contributed by atoms with Crippen LogP contribution in [0.1, 0.15) is 5.56 Å². The van der Waals surface area contributed by atoms with Crippen molar-refractivity contribution in [2.45, 2.75) is 6.54 Å². The van der Waals surface area contributed by atoms with Crippen molar-refractivity contribution in [3.63, 3.8) is 0 Å². The van der Waals surface area contributed by atoms with E-state index in [2.05, 4.69) is 27.6 Å². The molecule has 1 aromatic carbocycles. The standard InChI is InChI=1S/C13H12ClIN2O/c1-17(8-9-3-2-4-10(18)7-9)13-12(15)11(14)5-6-16-13/h2-7,18H,8H2,1H3. The summed E-state index contributed by atoms with van der Waals surface area (Å²) < 4.78 is 0.930. The van der Waals surface area contributed by atoms with Gasteiger partial charge in [-0.15, -0.1) is 0 Å². The zero-order valence-electron chi connectivity index (χ0n) is 9.77. The summed E-state index contributed by atoms with van der Waals surface area (Å²) in [4.78, 5) is 6.33. The lowest BCUT2D eigenvalue weighted by Gasteiger charge is -2.20. The van der Waals surface area contributed by atoms with Gasteiger partial charge in [-0.2, -0.15) is 0 Å². The molecule has 0 aliphatic carbocycles. The van der Waals surface area contributed by atoms with Crippen molar-refractivity contribution < 1.29 is 5.11 Å². The fourth-order valence-electron chi connectivity index (χ4n) is 1.68. The molecule has 94 valence electrons. The Morgan fingerprint density at radius 3 is 2.89 bits per heavy atom. The van der Waals surface area contributed by atoms with Gasteiger partial charge in [0, 0.05) is 19.8 Å². The van der Waals surface area contributed by atoms with Gasteiger partial charge in [-0.1, -0.05) is 23.7 Å². The number of aromatic nitrogens is 1. The maximum atomic E-state index is 9.44. The van der Waals surface area contributed by atoms with E-state index in [1.165, 1.54) is 0 Å². The van der Waals surface area contributed by atoms with Crippen LogP contribution in [0.2, 0.25) is 5.02 Å². The molecule has 18 heavy (non-hydrogen) atoms. The second kappa shape index (κ2) is 5.75. The summed E-state index contributed by atoms with van der Waals surface area (Å²) >= 11 is 8.26. The lowest BCUT2D eigenvalue weighted by molar-refractivity contribution is 0.474. The SMILES string of the molecule is CN(Cc1cccc(O)c1)c1nccc(Cl)c1I. The van der Waals surface area contributed by atoms with E-state index in [9.17, 15) is 5.11 Å². The molecule has 5 heteroatoms. The maximum absolute atomic E-state index is 9.44. The highest BCUT2D eigenvalue weighted by Crippen LogP contribution is 2.27. The summed E-state index contributed by atoms with van der Waals surface area (Å²) in [5.74, 6) is 1.11. The first-order valence-electron chi connectivity index (χ1n) is 5.37. The molecule has 3 nitrogen and oxygen atoms in total. The minimum absolute atomic E-state index is 0.273. The first kappa shape index (κ1) is 13.4. The zero-order valence-corrected chi connectivity index (χ0v) is 12.7. The van der Waals surface area contributed by atoms with Crippen molar-refractivity contribution in [1.82, 2.24) is 4.98 Å². The van der Waals surface area contributed by atoms with Gasteiger partial charge in [0.25, 0.3) is 0 Å². The number of hydrogen-bond donors (Lipinski definition) is 1. The first-order chi connectivity index (χ1) is 8.58. The van der Waals surface area contributed by atoms with Crippen LogP contribution in [0.5, 0.6) is 5.75 Å². The van der Waals surface area contributed by atoms with Crippen molar-refractivity contribution in [2.75, 3.05) is 11.9 Å². The summed E-state index contributed by atoms with van der Waals surface area (Å²) in [6, 6.07) is 8.97. The number of rotatable bonds is 3. The molecule has 1 aromatic heterocycles. The van der Waals surface area contributed by atoms with Gasteiger partial charge in [0.2, 0.25) is 0 Å². The molecule has 1 N–H and O–H groups in total. The van der Waals surface area contributed by atoms with E-state index in [0.29, 0.717) is 11.6 Å². The third-order valence-electron chi connectivity index (χ3n) is 2.52. The zero-order chi connectivity index (χ0) is 13.1. The molecule has 0 saturated heterocycles. The Hall–Kier alpha value is -1.01. The molecule has 2 aromatic rings. The van der Waals surface area contributed by atoms with E-state index >= 15 is 0 Å². The quantitative estimate of drug-likeness (QED) is 0.833. The number of phenols is 1. The van der Waals surface area contributed by atoms with Crippen molar-refractivity contribution in [3.8, 4) is 5.75 Å². The summed E-state index contributed by atoms with van der Waals surface area (Å²) in [6.45, 7) is 0.664. The molecule has 0 spiro atoms. The first-order valence-corrected chi connectivity index (χ1v) is 6.82. The van der Waals surface area contributed by atoms with Crippen molar-refractivity contribution in [3.05, 3.63) is 50.7 Å². The summed E-state index contributed by atoms with van der Waals surface area (Å²) in [7, 11) is 1.95. The van der Waals surface area contributed by atoms with Crippen LogP contribution in [0.15, 0.2) is 36.5 Å².